The van der Waals surface area contributed by atoms with Gasteiger partial charge in [0.15, 0.2) is 0 Å². The number of hydrogen-bond acceptors (Lipinski definition) is 2. The van der Waals surface area contributed by atoms with Crippen LogP contribution in [0.25, 0.3) is 0 Å². The van der Waals surface area contributed by atoms with Gasteiger partial charge in [-0.2, -0.15) is 0 Å². The summed E-state index contributed by atoms with van der Waals surface area (Å²) in [5.74, 6) is 6.15. The van der Waals surface area contributed by atoms with Gasteiger partial charge in [-0.05, 0) is 19.1 Å². The van der Waals surface area contributed by atoms with E-state index in [0.717, 1.165) is 23.0 Å². The Kier molecular flexibility index (Phi) is 3.13. The van der Waals surface area contributed by atoms with Crippen LogP contribution in [0, 0.1) is 19.3 Å². The Hall–Kier alpha value is -0.810. The van der Waals surface area contributed by atoms with Gasteiger partial charge < -0.3 is 4.42 Å². The van der Waals surface area contributed by atoms with Crippen molar-refractivity contribution in [1.29, 1.82) is 0 Å². The molecule has 0 aromatic carbocycles. The second kappa shape index (κ2) is 4.15. The van der Waals surface area contributed by atoms with Crippen LogP contribution in [0.15, 0.2) is 16.5 Å². The monoisotopic (exact) mass is 166 g/mol. The molecule has 1 rings (SSSR count). The predicted octanol–water partition coefficient (Wildman–Crippen LogP) is 2.45. The van der Waals surface area contributed by atoms with Crippen molar-refractivity contribution in [3.63, 3.8) is 0 Å². The second-order valence-corrected chi connectivity index (χ2v) is 3.19. The fourth-order valence-corrected chi connectivity index (χ4v) is 1.35. The van der Waals surface area contributed by atoms with Crippen molar-refractivity contribution in [2.24, 2.45) is 0 Å². The molecule has 0 radical (unpaired) electrons. The summed E-state index contributed by atoms with van der Waals surface area (Å²) in [7, 11) is 0. The highest BCUT2D eigenvalue weighted by Gasteiger charge is 1.96. The topological polar surface area (TPSA) is 13.1 Å². The lowest BCUT2D eigenvalue weighted by atomic mass is 10.5. The van der Waals surface area contributed by atoms with Crippen molar-refractivity contribution in [2.45, 2.75) is 12.7 Å². The Bertz CT molecular complexity index is 257. The average molecular weight is 166 g/mol. The quantitative estimate of drug-likeness (QED) is 0.505. The molecule has 2 heteroatoms. The number of hydrogen-bond donors (Lipinski definition) is 0. The van der Waals surface area contributed by atoms with Gasteiger partial charge >= 0.3 is 0 Å². The first-order chi connectivity index (χ1) is 5.33. The first-order valence-electron chi connectivity index (χ1n) is 3.39. The fourth-order valence-electron chi connectivity index (χ4n) is 0.773. The third-order valence-electron chi connectivity index (χ3n) is 1.23. The van der Waals surface area contributed by atoms with Crippen molar-refractivity contribution in [3.05, 3.63) is 23.7 Å². The Morgan fingerprint density at radius 3 is 3.00 bits per heavy atom. The fraction of sp³-hybridized carbons (Fsp3) is 0.333. The van der Waals surface area contributed by atoms with Crippen molar-refractivity contribution in [2.75, 3.05) is 5.75 Å². The maximum Gasteiger partial charge on any atom is 0.114 e. The SMILES string of the molecule is C#CCSCc1ccc(C)o1. The number of terminal acetylenes is 1. The van der Waals surface area contributed by atoms with Gasteiger partial charge in [0.25, 0.3) is 0 Å². The minimum absolute atomic E-state index is 0.750. The molecular weight excluding hydrogens is 156 g/mol. The molecule has 0 fully saturated rings. The first-order valence-corrected chi connectivity index (χ1v) is 4.55. The molecule has 0 saturated heterocycles. The van der Waals surface area contributed by atoms with Gasteiger partial charge in [-0.15, -0.1) is 18.2 Å². The highest BCUT2D eigenvalue weighted by Crippen LogP contribution is 2.13. The van der Waals surface area contributed by atoms with E-state index in [0.29, 0.717) is 0 Å². The Balaban J connectivity index is 2.34. The normalized spacial score (nSPS) is 9.45. The van der Waals surface area contributed by atoms with Crippen LogP contribution in [0.5, 0.6) is 0 Å². The molecule has 0 N–H and O–H groups in total. The van der Waals surface area contributed by atoms with Crippen LogP contribution in [0.3, 0.4) is 0 Å². The van der Waals surface area contributed by atoms with Gasteiger partial charge in [0.2, 0.25) is 0 Å². The molecule has 0 saturated carbocycles. The minimum atomic E-state index is 0.750. The molecule has 0 aliphatic carbocycles. The zero-order valence-corrected chi connectivity index (χ0v) is 7.28. The zero-order chi connectivity index (χ0) is 8.10. The summed E-state index contributed by atoms with van der Waals surface area (Å²) in [5.41, 5.74) is 0. The molecule has 58 valence electrons. The molecule has 0 aliphatic rings. The van der Waals surface area contributed by atoms with E-state index >= 15 is 0 Å². The van der Waals surface area contributed by atoms with Gasteiger partial charge in [-0.25, -0.2) is 0 Å². The van der Waals surface area contributed by atoms with Gasteiger partial charge in [0, 0.05) is 0 Å². The van der Waals surface area contributed by atoms with Gasteiger partial charge in [-0.3, -0.25) is 0 Å². The van der Waals surface area contributed by atoms with Crippen LogP contribution in [-0.2, 0) is 5.75 Å². The lowest BCUT2D eigenvalue weighted by Gasteiger charge is -1.91. The van der Waals surface area contributed by atoms with E-state index in [1.807, 2.05) is 19.1 Å². The summed E-state index contributed by atoms with van der Waals surface area (Å²) in [6, 6.07) is 3.95. The molecule has 0 spiro atoms. The number of rotatable bonds is 3. The standard InChI is InChI=1S/C9H10OS/c1-3-6-11-7-9-5-4-8(2)10-9/h1,4-5H,6-7H2,2H3. The Labute approximate surface area is 71.2 Å². The number of thioether (sulfide) groups is 1. The summed E-state index contributed by atoms with van der Waals surface area (Å²) in [4.78, 5) is 0. The Morgan fingerprint density at radius 2 is 2.45 bits per heavy atom. The van der Waals surface area contributed by atoms with Crippen LogP contribution < -0.4 is 0 Å². The molecule has 0 aliphatic heterocycles. The van der Waals surface area contributed by atoms with E-state index in [2.05, 4.69) is 5.92 Å². The van der Waals surface area contributed by atoms with Gasteiger partial charge in [0.1, 0.15) is 11.5 Å². The molecule has 0 unspecified atom stereocenters. The van der Waals surface area contributed by atoms with Crippen molar-refractivity contribution in [3.8, 4) is 12.3 Å². The molecule has 0 bridgehead atoms. The van der Waals surface area contributed by atoms with E-state index in [1.165, 1.54) is 0 Å². The third kappa shape index (κ3) is 2.73. The summed E-state index contributed by atoms with van der Waals surface area (Å²) >= 11 is 1.69. The highest BCUT2D eigenvalue weighted by molar-refractivity contribution is 7.98. The van der Waals surface area contributed by atoms with Crippen molar-refractivity contribution in [1.82, 2.24) is 0 Å². The van der Waals surface area contributed by atoms with Crippen LogP contribution >= 0.6 is 11.8 Å². The van der Waals surface area contributed by atoms with Crippen LogP contribution in [0.1, 0.15) is 11.5 Å². The molecule has 0 amide bonds. The smallest absolute Gasteiger partial charge is 0.114 e. The van der Waals surface area contributed by atoms with E-state index in [-0.39, 0.29) is 0 Å². The lowest BCUT2D eigenvalue weighted by Crippen LogP contribution is -1.75. The second-order valence-electron chi connectivity index (χ2n) is 2.21. The predicted molar refractivity (Wildman–Crippen MR) is 48.4 cm³/mol. The van der Waals surface area contributed by atoms with Crippen LogP contribution in [-0.4, -0.2) is 5.75 Å². The van der Waals surface area contributed by atoms with Crippen molar-refractivity contribution < 1.29 is 4.42 Å². The first kappa shape index (κ1) is 8.29. The van der Waals surface area contributed by atoms with Crippen LogP contribution in [0.2, 0.25) is 0 Å². The maximum atomic E-state index is 5.34. The summed E-state index contributed by atoms with van der Waals surface area (Å²) in [5, 5.41) is 0. The average Bonchev–Trinajstić information content (AvgIpc) is 2.37. The molecule has 1 nitrogen and oxygen atoms in total. The summed E-state index contributed by atoms with van der Waals surface area (Å²) in [6.07, 6.45) is 5.10. The molecular formula is C9H10OS. The zero-order valence-electron chi connectivity index (χ0n) is 6.46. The van der Waals surface area contributed by atoms with Crippen molar-refractivity contribution >= 4 is 11.8 Å². The lowest BCUT2D eigenvalue weighted by molar-refractivity contribution is 0.501. The van der Waals surface area contributed by atoms with E-state index in [9.17, 15) is 0 Å². The largest absolute Gasteiger partial charge is 0.466 e. The molecule has 0 atom stereocenters. The van der Waals surface area contributed by atoms with E-state index in [1.54, 1.807) is 11.8 Å². The summed E-state index contributed by atoms with van der Waals surface area (Å²) in [6.45, 7) is 1.94. The summed E-state index contributed by atoms with van der Waals surface area (Å²) < 4.78 is 5.34. The molecule has 1 heterocycles. The Morgan fingerprint density at radius 1 is 1.64 bits per heavy atom. The molecule has 1 aromatic heterocycles. The number of furan rings is 1. The van der Waals surface area contributed by atoms with Gasteiger partial charge in [-0.1, -0.05) is 5.92 Å². The highest BCUT2D eigenvalue weighted by atomic mass is 32.2. The maximum absolute atomic E-state index is 5.34. The minimum Gasteiger partial charge on any atom is -0.466 e. The van der Waals surface area contributed by atoms with E-state index in [4.69, 9.17) is 10.8 Å². The van der Waals surface area contributed by atoms with E-state index < -0.39 is 0 Å². The number of aryl methyl sites for hydroxylation is 1. The molecule has 1 aromatic rings. The van der Waals surface area contributed by atoms with Crippen LogP contribution in [0.4, 0.5) is 0 Å². The third-order valence-corrected chi connectivity index (χ3v) is 2.09. The molecule has 11 heavy (non-hydrogen) atoms. The van der Waals surface area contributed by atoms with Gasteiger partial charge in [0.05, 0.1) is 11.5 Å².